The fourth-order valence-corrected chi connectivity index (χ4v) is 4.30. The Labute approximate surface area is 156 Å². The zero-order valence-electron chi connectivity index (χ0n) is 15.6. The molecule has 1 saturated heterocycles. The lowest BCUT2D eigenvalue weighted by Gasteiger charge is -2.35. The number of nitrogens with zero attached hydrogens (tertiary/aromatic N) is 2. The summed E-state index contributed by atoms with van der Waals surface area (Å²) in [5.41, 5.74) is -1.45. The molecule has 0 unspecified atom stereocenters. The van der Waals surface area contributed by atoms with E-state index in [0.717, 1.165) is 16.4 Å². The number of sulfonamides is 1. The lowest BCUT2D eigenvalue weighted by Crippen LogP contribution is -2.51. The van der Waals surface area contributed by atoms with E-state index in [2.05, 4.69) is 0 Å². The van der Waals surface area contributed by atoms with Gasteiger partial charge >= 0.3 is 12.3 Å². The SMILES string of the molecule is Cc1ccc(C(F)(F)F)cc1S(=O)(=O)N1CCN(C(=O)OC(C)(C)C)CC1. The predicted octanol–water partition coefficient (Wildman–Crippen LogP) is 3.26. The monoisotopic (exact) mass is 408 g/mol. The van der Waals surface area contributed by atoms with Gasteiger partial charge in [0, 0.05) is 26.2 Å². The molecule has 1 fully saturated rings. The summed E-state index contributed by atoms with van der Waals surface area (Å²) in [6.07, 6.45) is -5.18. The van der Waals surface area contributed by atoms with Crippen molar-refractivity contribution in [3.05, 3.63) is 29.3 Å². The Kier molecular flexibility index (Phi) is 5.82. The van der Waals surface area contributed by atoms with Crippen molar-refractivity contribution >= 4 is 16.1 Å². The topological polar surface area (TPSA) is 66.9 Å². The Morgan fingerprint density at radius 1 is 1.07 bits per heavy atom. The average molecular weight is 408 g/mol. The molecule has 2 rings (SSSR count). The van der Waals surface area contributed by atoms with Gasteiger partial charge in [0.15, 0.2) is 0 Å². The van der Waals surface area contributed by atoms with Gasteiger partial charge in [0.2, 0.25) is 10.0 Å². The van der Waals surface area contributed by atoms with Crippen LogP contribution in [-0.4, -0.2) is 55.5 Å². The van der Waals surface area contributed by atoms with Crippen molar-refractivity contribution in [3.63, 3.8) is 0 Å². The van der Waals surface area contributed by atoms with Gasteiger partial charge in [-0.25, -0.2) is 13.2 Å². The summed E-state index contributed by atoms with van der Waals surface area (Å²) in [5, 5.41) is 0. The van der Waals surface area contributed by atoms with Crippen molar-refractivity contribution in [1.29, 1.82) is 0 Å². The molecule has 0 bridgehead atoms. The second-order valence-electron chi connectivity index (χ2n) is 7.35. The molecule has 0 saturated carbocycles. The summed E-state index contributed by atoms with van der Waals surface area (Å²) in [5.74, 6) is 0. The highest BCUT2D eigenvalue weighted by molar-refractivity contribution is 7.89. The number of carbonyl (C=O) groups is 1. The molecule has 0 atom stereocenters. The van der Waals surface area contributed by atoms with Gasteiger partial charge < -0.3 is 9.64 Å². The molecule has 1 aliphatic rings. The number of benzene rings is 1. The largest absolute Gasteiger partial charge is 0.444 e. The average Bonchev–Trinajstić information content (AvgIpc) is 2.52. The normalized spacial score (nSPS) is 17.1. The predicted molar refractivity (Wildman–Crippen MR) is 92.7 cm³/mol. The number of aryl methyl sites for hydroxylation is 1. The van der Waals surface area contributed by atoms with Crippen LogP contribution >= 0.6 is 0 Å². The van der Waals surface area contributed by atoms with Crippen molar-refractivity contribution in [2.24, 2.45) is 0 Å². The molecule has 1 aliphatic heterocycles. The first-order valence-electron chi connectivity index (χ1n) is 8.38. The first-order chi connectivity index (χ1) is 12.2. The van der Waals surface area contributed by atoms with E-state index in [-0.39, 0.29) is 36.6 Å². The van der Waals surface area contributed by atoms with Crippen molar-refractivity contribution in [2.75, 3.05) is 26.2 Å². The maximum Gasteiger partial charge on any atom is 0.416 e. The van der Waals surface area contributed by atoms with E-state index >= 15 is 0 Å². The van der Waals surface area contributed by atoms with Gasteiger partial charge in [-0.3, -0.25) is 0 Å². The van der Waals surface area contributed by atoms with Gasteiger partial charge in [0.25, 0.3) is 0 Å². The summed E-state index contributed by atoms with van der Waals surface area (Å²) < 4.78 is 70.8. The lowest BCUT2D eigenvalue weighted by molar-refractivity contribution is -0.137. The van der Waals surface area contributed by atoms with Crippen LogP contribution in [-0.2, 0) is 20.9 Å². The molecular weight excluding hydrogens is 385 g/mol. The number of rotatable bonds is 2. The van der Waals surface area contributed by atoms with Crippen LogP contribution in [0.5, 0.6) is 0 Å². The molecule has 1 amide bonds. The molecule has 0 aliphatic carbocycles. The minimum atomic E-state index is -4.63. The summed E-state index contributed by atoms with van der Waals surface area (Å²) in [6, 6.07) is 2.66. The van der Waals surface area contributed by atoms with Crippen molar-refractivity contribution in [3.8, 4) is 0 Å². The maximum absolute atomic E-state index is 12.9. The van der Waals surface area contributed by atoms with E-state index in [1.54, 1.807) is 20.8 Å². The Morgan fingerprint density at radius 3 is 2.11 bits per heavy atom. The van der Waals surface area contributed by atoms with Gasteiger partial charge in [-0.15, -0.1) is 0 Å². The fourth-order valence-electron chi connectivity index (χ4n) is 2.63. The van der Waals surface area contributed by atoms with Crippen LogP contribution in [0, 0.1) is 6.92 Å². The zero-order chi connectivity index (χ0) is 20.6. The minimum absolute atomic E-state index is 0.0166. The fraction of sp³-hybridized carbons (Fsp3) is 0.588. The first-order valence-corrected chi connectivity index (χ1v) is 9.82. The molecule has 0 aromatic heterocycles. The Balaban J connectivity index is 2.17. The highest BCUT2D eigenvalue weighted by Crippen LogP contribution is 2.32. The van der Waals surface area contributed by atoms with Gasteiger partial charge in [-0.1, -0.05) is 6.07 Å². The van der Waals surface area contributed by atoms with E-state index in [1.807, 2.05) is 0 Å². The van der Waals surface area contributed by atoms with Crippen molar-refractivity contribution in [1.82, 2.24) is 9.21 Å². The highest BCUT2D eigenvalue weighted by atomic mass is 32.2. The molecule has 1 heterocycles. The van der Waals surface area contributed by atoms with Crippen molar-refractivity contribution < 1.29 is 31.1 Å². The van der Waals surface area contributed by atoms with Gasteiger partial charge in [-0.05, 0) is 45.4 Å². The van der Waals surface area contributed by atoms with E-state index < -0.39 is 33.5 Å². The smallest absolute Gasteiger partial charge is 0.416 e. The molecule has 10 heteroatoms. The minimum Gasteiger partial charge on any atom is -0.444 e. The van der Waals surface area contributed by atoms with Crippen LogP contribution in [0.15, 0.2) is 23.1 Å². The molecule has 0 radical (unpaired) electrons. The van der Waals surface area contributed by atoms with Crippen LogP contribution in [0.3, 0.4) is 0 Å². The number of piperazine rings is 1. The number of hydrogen-bond acceptors (Lipinski definition) is 4. The van der Waals surface area contributed by atoms with Crippen molar-refractivity contribution in [2.45, 2.75) is 44.4 Å². The van der Waals surface area contributed by atoms with E-state index in [9.17, 15) is 26.4 Å². The zero-order valence-corrected chi connectivity index (χ0v) is 16.4. The van der Waals surface area contributed by atoms with Crippen LogP contribution in [0.4, 0.5) is 18.0 Å². The van der Waals surface area contributed by atoms with Gasteiger partial charge in [-0.2, -0.15) is 17.5 Å². The number of halogens is 3. The lowest BCUT2D eigenvalue weighted by atomic mass is 10.1. The van der Waals surface area contributed by atoms with E-state index in [4.69, 9.17) is 4.74 Å². The molecule has 6 nitrogen and oxygen atoms in total. The molecule has 0 N–H and O–H groups in total. The first kappa shape index (κ1) is 21.5. The number of hydrogen-bond donors (Lipinski definition) is 0. The van der Waals surface area contributed by atoms with Crippen LogP contribution in [0.2, 0.25) is 0 Å². The number of ether oxygens (including phenoxy) is 1. The molecule has 0 spiro atoms. The molecule has 152 valence electrons. The van der Waals surface area contributed by atoms with Crippen LogP contribution in [0.25, 0.3) is 0 Å². The maximum atomic E-state index is 12.9. The second kappa shape index (κ2) is 7.31. The standard InChI is InChI=1S/C17H23F3N2O4S/c1-12-5-6-13(17(18,19)20)11-14(12)27(24,25)22-9-7-21(8-10-22)15(23)26-16(2,3)4/h5-6,11H,7-10H2,1-4H3. The molecule has 1 aromatic carbocycles. The molecular formula is C17H23F3N2O4S. The van der Waals surface area contributed by atoms with Gasteiger partial charge in [0.05, 0.1) is 10.5 Å². The summed E-state index contributed by atoms with van der Waals surface area (Å²) >= 11 is 0. The third-order valence-electron chi connectivity index (χ3n) is 4.02. The van der Waals surface area contributed by atoms with Gasteiger partial charge in [0.1, 0.15) is 5.60 Å². The second-order valence-corrected chi connectivity index (χ2v) is 9.26. The number of carbonyl (C=O) groups excluding carboxylic acids is 1. The number of amides is 1. The third-order valence-corrected chi connectivity index (χ3v) is 6.06. The number of alkyl halides is 3. The quantitative estimate of drug-likeness (QED) is 0.754. The third kappa shape index (κ3) is 5.13. The highest BCUT2D eigenvalue weighted by Gasteiger charge is 2.36. The summed E-state index contributed by atoms with van der Waals surface area (Å²) in [4.78, 5) is 13.1. The molecule has 27 heavy (non-hydrogen) atoms. The molecule has 1 aromatic rings. The Morgan fingerprint density at radius 2 is 1.63 bits per heavy atom. The van der Waals surface area contributed by atoms with E-state index in [1.165, 1.54) is 11.8 Å². The Hall–Kier alpha value is -1.81. The van der Waals surface area contributed by atoms with E-state index in [0.29, 0.717) is 6.07 Å². The summed E-state index contributed by atoms with van der Waals surface area (Å²) in [6.45, 7) is 6.79. The summed E-state index contributed by atoms with van der Waals surface area (Å²) in [7, 11) is -4.11. The van der Waals surface area contributed by atoms with Crippen LogP contribution < -0.4 is 0 Å². The Bertz CT molecular complexity index is 808. The van der Waals surface area contributed by atoms with Crippen LogP contribution in [0.1, 0.15) is 31.9 Å².